The van der Waals surface area contributed by atoms with Gasteiger partial charge in [0, 0.05) is 31.3 Å². The lowest BCUT2D eigenvalue weighted by Gasteiger charge is -2.08. The van der Waals surface area contributed by atoms with E-state index in [1.807, 2.05) is 6.92 Å². The fraction of sp³-hybridized carbons (Fsp3) is 0.700. The van der Waals surface area contributed by atoms with E-state index in [4.69, 9.17) is 0 Å². The summed E-state index contributed by atoms with van der Waals surface area (Å²) >= 11 is 0. The molecule has 1 atom stereocenters. The molecule has 0 amide bonds. The number of hydrogen-bond donors (Lipinski definition) is 1. The van der Waals surface area contributed by atoms with Gasteiger partial charge in [0.25, 0.3) is 6.43 Å². The van der Waals surface area contributed by atoms with Gasteiger partial charge in [-0.15, -0.1) is 0 Å². The monoisotopic (exact) mass is 234 g/mol. The van der Waals surface area contributed by atoms with Gasteiger partial charge in [0.2, 0.25) is 0 Å². The van der Waals surface area contributed by atoms with Crippen LogP contribution in [-0.4, -0.2) is 34.5 Å². The van der Waals surface area contributed by atoms with Crippen molar-refractivity contribution in [1.29, 1.82) is 0 Å². The zero-order valence-electron chi connectivity index (χ0n) is 9.14. The highest BCUT2D eigenvalue weighted by atomic mass is 19.3. The first-order valence-electron chi connectivity index (χ1n) is 5.19. The van der Waals surface area contributed by atoms with Crippen molar-refractivity contribution in [2.45, 2.75) is 32.4 Å². The second-order valence-corrected chi connectivity index (χ2v) is 3.40. The Morgan fingerprint density at radius 1 is 1.56 bits per heavy atom. The molecule has 6 heteroatoms. The van der Waals surface area contributed by atoms with Crippen molar-refractivity contribution < 1.29 is 18.6 Å². The molecule has 0 aliphatic carbocycles. The third kappa shape index (κ3) is 4.24. The Labute approximate surface area is 92.8 Å². The van der Waals surface area contributed by atoms with Crippen molar-refractivity contribution in [3.05, 3.63) is 18.0 Å². The van der Waals surface area contributed by atoms with E-state index in [-0.39, 0.29) is 6.61 Å². The summed E-state index contributed by atoms with van der Waals surface area (Å²) in [7, 11) is 0. The molecule has 1 unspecified atom stereocenters. The van der Waals surface area contributed by atoms with Crippen LogP contribution in [0, 0.1) is 0 Å². The topological polar surface area (TPSA) is 47.3 Å². The molecule has 1 aromatic rings. The van der Waals surface area contributed by atoms with Crippen LogP contribution in [0.25, 0.3) is 0 Å². The Morgan fingerprint density at radius 3 is 2.88 bits per heavy atom. The Hall–Kier alpha value is -1.01. The van der Waals surface area contributed by atoms with Crippen LogP contribution in [0.1, 0.15) is 25.0 Å². The summed E-state index contributed by atoms with van der Waals surface area (Å²) < 4.78 is 29.8. The van der Waals surface area contributed by atoms with Crippen molar-refractivity contribution >= 4 is 0 Å². The number of aromatic nitrogens is 2. The minimum absolute atomic E-state index is 0.114. The molecular formula is C10H16F2N2O2. The highest BCUT2D eigenvalue weighted by Gasteiger charge is 2.10. The number of aryl methyl sites for hydroxylation is 1. The van der Waals surface area contributed by atoms with E-state index in [9.17, 15) is 13.9 Å². The van der Waals surface area contributed by atoms with Gasteiger partial charge in [-0.1, -0.05) is 0 Å². The number of nitrogens with zero attached hydrogens (tertiary/aromatic N) is 2. The third-order valence-electron chi connectivity index (χ3n) is 2.14. The second-order valence-electron chi connectivity index (χ2n) is 3.40. The van der Waals surface area contributed by atoms with E-state index in [1.54, 1.807) is 17.1 Å². The van der Waals surface area contributed by atoms with Gasteiger partial charge in [-0.05, 0) is 6.92 Å². The molecule has 1 N–H and O–H groups in total. The average molecular weight is 234 g/mol. The summed E-state index contributed by atoms with van der Waals surface area (Å²) in [5.41, 5.74) is 0.683. The van der Waals surface area contributed by atoms with Gasteiger partial charge >= 0.3 is 0 Å². The van der Waals surface area contributed by atoms with Crippen LogP contribution in [0.3, 0.4) is 0 Å². The quantitative estimate of drug-likeness (QED) is 0.729. The number of hydrogen-bond acceptors (Lipinski definition) is 3. The van der Waals surface area contributed by atoms with E-state index in [2.05, 4.69) is 9.84 Å². The molecule has 1 aromatic heterocycles. The summed E-state index contributed by atoms with van der Waals surface area (Å²) in [5.74, 6) is 0. The number of rotatable bonds is 7. The van der Waals surface area contributed by atoms with Crippen LogP contribution in [0.2, 0.25) is 0 Å². The van der Waals surface area contributed by atoms with Gasteiger partial charge in [-0.3, -0.25) is 4.68 Å². The maximum Gasteiger partial charge on any atom is 0.261 e. The molecule has 1 heterocycles. The van der Waals surface area contributed by atoms with Crippen molar-refractivity contribution in [2.24, 2.45) is 0 Å². The zero-order chi connectivity index (χ0) is 12.0. The van der Waals surface area contributed by atoms with Gasteiger partial charge in [0.15, 0.2) is 0 Å². The number of alkyl halides is 2. The van der Waals surface area contributed by atoms with Crippen LogP contribution >= 0.6 is 0 Å². The molecule has 0 saturated heterocycles. The van der Waals surface area contributed by atoms with Crippen molar-refractivity contribution in [2.75, 3.05) is 13.2 Å². The SMILES string of the molecule is CCn1cc(C(O)CCOCC(F)F)cn1. The van der Waals surface area contributed by atoms with Crippen LogP contribution in [-0.2, 0) is 11.3 Å². The molecule has 0 bridgehead atoms. The predicted molar refractivity (Wildman–Crippen MR) is 54.3 cm³/mol. The first-order chi connectivity index (χ1) is 7.63. The Balaban J connectivity index is 2.26. The molecule has 0 aliphatic rings. The van der Waals surface area contributed by atoms with E-state index < -0.39 is 19.1 Å². The standard InChI is InChI=1S/C10H16F2N2O2/c1-2-14-6-8(5-13-14)9(15)3-4-16-7-10(11)12/h5-6,9-10,15H,2-4,7H2,1H3. The van der Waals surface area contributed by atoms with Crippen LogP contribution in [0.15, 0.2) is 12.4 Å². The fourth-order valence-electron chi connectivity index (χ4n) is 1.26. The van der Waals surface area contributed by atoms with E-state index >= 15 is 0 Å². The number of halogens is 2. The zero-order valence-corrected chi connectivity index (χ0v) is 9.14. The Bertz CT molecular complexity index is 305. The summed E-state index contributed by atoms with van der Waals surface area (Å²) in [5, 5.41) is 13.7. The number of ether oxygens (including phenoxy) is 1. The van der Waals surface area contributed by atoms with Crippen LogP contribution in [0.4, 0.5) is 8.78 Å². The summed E-state index contributed by atoms with van der Waals surface area (Å²) in [6.07, 6.45) is 0.430. The smallest absolute Gasteiger partial charge is 0.261 e. The van der Waals surface area contributed by atoms with Gasteiger partial charge in [0.05, 0.1) is 12.3 Å². The first kappa shape index (κ1) is 13.1. The molecule has 0 fully saturated rings. The maximum absolute atomic E-state index is 11.7. The van der Waals surface area contributed by atoms with Gasteiger partial charge in [-0.2, -0.15) is 5.10 Å². The minimum atomic E-state index is -2.46. The highest BCUT2D eigenvalue weighted by molar-refractivity contribution is 5.07. The van der Waals surface area contributed by atoms with Gasteiger partial charge in [-0.25, -0.2) is 8.78 Å². The molecule has 92 valence electrons. The van der Waals surface area contributed by atoms with Crippen molar-refractivity contribution in [1.82, 2.24) is 9.78 Å². The van der Waals surface area contributed by atoms with Gasteiger partial charge in [0.1, 0.15) is 6.61 Å². The Kier molecular flexibility index (Phi) is 5.34. The second kappa shape index (κ2) is 6.55. The van der Waals surface area contributed by atoms with Crippen LogP contribution < -0.4 is 0 Å². The summed E-state index contributed by atoms with van der Waals surface area (Å²) in [6.45, 7) is 2.20. The Morgan fingerprint density at radius 2 is 2.31 bits per heavy atom. The minimum Gasteiger partial charge on any atom is -0.388 e. The first-order valence-corrected chi connectivity index (χ1v) is 5.19. The molecule has 1 rings (SSSR count). The number of aliphatic hydroxyl groups excluding tert-OH is 1. The number of aliphatic hydroxyl groups is 1. The largest absolute Gasteiger partial charge is 0.388 e. The molecule has 0 aliphatic heterocycles. The lowest BCUT2D eigenvalue weighted by molar-refractivity contribution is 0.00480. The van der Waals surface area contributed by atoms with Crippen molar-refractivity contribution in [3.8, 4) is 0 Å². The normalized spacial score (nSPS) is 13.3. The van der Waals surface area contributed by atoms with Crippen LogP contribution in [0.5, 0.6) is 0 Å². The lowest BCUT2D eigenvalue weighted by atomic mass is 10.1. The van der Waals surface area contributed by atoms with Gasteiger partial charge < -0.3 is 9.84 Å². The molecule has 16 heavy (non-hydrogen) atoms. The van der Waals surface area contributed by atoms with Crippen molar-refractivity contribution in [3.63, 3.8) is 0 Å². The average Bonchev–Trinajstić information content (AvgIpc) is 2.72. The fourth-order valence-corrected chi connectivity index (χ4v) is 1.26. The molecule has 0 spiro atoms. The van der Waals surface area contributed by atoms with E-state index in [1.165, 1.54) is 0 Å². The van der Waals surface area contributed by atoms with E-state index in [0.29, 0.717) is 12.0 Å². The molecule has 0 aromatic carbocycles. The van der Waals surface area contributed by atoms with E-state index in [0.717, 1.165) is 6.54 Å². The third-order valence-corrected chi connectivity index (χ3v) is 2.14. The lowest BCUT2D eigenvalue weighted by Crippen LogP contribution is -2.08. The summed E-state index contributed by atoms with van der Waals surface area (Å²) in [6, 6.07) is 0. The molecule has 0 saturated carbocycles. The molecular weight excluding hydrogens is 218 g/mol. The highest BCUT2D eigenvalue weighted by Crippen LogP contribution is 2.15. The summed E-state index contributed by atoms with van der Waals surface area (Å²) in [4.78, 5) is 0. The predicted octanol–water partition coefficient (Wildman–Crippen LogP) is 1.61. The molecule has 0 radical (unpaired) electrons. The maximum atomic E-state index is 11.7. The molecule has 4 nitrogen and oxygen atoms in total.